The summed E-state index contributed by atoms with van der Waals surface area (Å²) in [4.78, 5) is 29.3. The third-order valence-corrected chi connectivity index (χ3v) is 4.51. The molecule has 0 aliphatic carbocycles. The van der Waals surface area contributed by atoms with Crippen LogP contribution in [-0.4, -0.2) is 43.0 Å². The third-order valence-electron chi connectivity index (χ3n) is 4.51. The minimum absolute atomic E-state index is 0.0563. The Morgan fingerprint density at radius 1 is 1.25 bits per heavy atom. The van der Waals surface area contributed by atoms with Crippen molar-refractivity contribution < 1.29 is 9.84 Å². The number of aryl methyl sites for hydroxylation is 2. The highest BCUT2D eigenvalue weighted by atomic mass is 16.5. The van der Waals surface area contributed by atoms with E-state index in [0.717, 1.165) is 10.1 Å². The Labute approximate surface area is 161 Å². The van der Waals surface area contributed by atoms with Gasteiger partial charge in [0, 0.05) is 20.6 Å². The first kappa shape index (κ1) is 19.7. The lowest BCUT2D eigenvalue weighted by atomic mass is 10.2. The molecule has 0 unspecified atom stereocenters. The molecular formula is C19H25N5O4. The predicted octanol–water partition coefficient (Wildman–Crippen LogP) is 0.614. The van der Waals surface area contributed by atoms with Gasteiger partial charge in [0.25, 0.3) is 5.56 Å². The average Bonchev–Trinajstić information content (AvgIpc) is 3.01. The van der Waals surface area contributed by atoms with Crippen LogP contribution in [0.5, 0.6) is 5.75 Å². The zero-order valence-electron chi connectivity index (χ0n) is 16.5. The fourth-order valence-corrected chi connectivity index (χ4v) is 3.08. The van der Waals surface area contributed by atoms with E-state index in [4.69, 9.17) is 4.74 Å². The summed E-state index contributed by atoms with van der Waals surface area (Å²) >= 11 is 0. The van der Waals surface area contributed by atoms with Crippen molar-refractivity contribution in [2.75, 3.05) is 18.5 Å². The molecule has 28 heavy (non-hydrogen) atoms. The van der Waals surface area contributed by atoms with Crippen molar-refractivity contribution in [2.45, 2.75) is 26.5 Å². The number of benzene rings is 1. The van der Waals surface area contributed by atoms with E-state index >= 15 is 0 Å². The van der Waals surface area contributed by atoms with Crippen molar-refractivity contribution in [3.05, 3.63) is 50.7 Å². The number of hydrogen-bond acceptors (Lipinski definition) is 6. The molecule has 0 fully saturated rings. The zero-order valence-corrected chi connectivity index (χ0v) is 16.5. The molecule has 0 aliphatic rings. The number of nitrogens with one attached hydrogen (secondary N) is 1. The summed E-state index contributed by atoms with van der Waals surface area (Å²) in [6.07, 6.45) is -0.878. The Balaban J connectivity index is 1.93. The minimum atomic E-state index is -0.878. The highest BCUT2D eigenvalue weighted by Gasteiger charge is 2.21. The molecule has 0 spiro atoms. The Bertz CT molecular complexity index is 1110. The highest BCUT2D eigenvalue weighted by Crippen LogP contribution is 2.17. The molecule has 150 valence electrons. The van der Waals surface area contributed by atoms with Crippen LogP contribution in [0.4, 0.5) is 5.95 Å². The third kappa shape index (κ3) is 3.65. The molecule has 1 atom stereocenters. The number of aromatic nitrogens is 4. The first-order valence-corrected chi connectivity index (χ1v) is 9.11. The number of aliphatic hydroxyl groups excluding tert-OH is 1. The van der Waals surface area contributed by atoms with Crippen LogP contribution in [0.25, 0.3) is 11.2 Å². The van der Waals surface area contributed by atoms with Crippen molar-refractivity contribution in [2.24, 2.45) is 14.1 Å². The number of fused-ring (bicyclic) bond motifs is 1. The molecule has 9 nitrogen and oxygen atoms in total. The zero-order chi connectivity index (χ0) is 20.4. The van der Waals surface area contributed by atoms with Crippen LogP contribution in [-0.2, 0) is 20.6 Å². The van der Waals surface area contributed by atoms with E-state index in [1.165, 1.54) is 11.6 Å². The van der Waals surface area contributed by atoms with Crippen LogP contribution in [0.2, 0.25) is 0 Å². The first-order chi connectivity index (χ1) is 13.3. The summed E-state index contributed by atoms with van der Waals surface area (Å²) in [5, 5.41) is 13.6. The summed E-state index contributed by atoms with van der Waals surface area (Å²) < 4.78 is 9.62. The fourth-order valence-electron chi connectivity index (χ4n) is 3.08. The molecule has 2 aromatic heterocycles. The first-order valence-electron chi connectivity index (χ1n) is 9.11. The second-order valence-electron chi connectivity index (χ2n) is 6.74. The quantitative estimate of drug-likeness (QED) is 0.616. The minimum Gasteiger partial charge on any atom is -0.491 e. The molecular weight excluding hydrogens is 362 g/mol. The fraction of sp³-hybridized carbons (Fsp3) is 0.421. The van der Waals surface area contributed by atoms with Gasteiger partial charge in [0.1, 0.15) is 18.5 Å². The van der Waals surface area contributed by atoms with Gasteiger partial charge in [-0.3, -0.25) is 13.9 Å². The van der Waals surface area contributed by atoms with E-state index in [-0.39, 0.29) is 24.3 Å². The number of anilines is 1. The Morgan fingerprint density at radius 3 is 2.68 bits per heavy atom. The molecule has 0 bridgehead atoms. The van der Waals surface area contributed by atoms with E-state index in [1.807, 2.05) is 38.1 Å². The lowest BCUT2D eigenvalue weighted by Gasteiger charge is -2.16. The van der Waals surface area contributed by atoms with Crippen molar-refractivity contribution in [3.63, 3.8) is 0 Å². The Morgan fingerprint density at radius 2 is 2.00 bits per heavy atom. The summed E-state index contributed by atoms with van der Waals surface area (Å²) in [5.74, 6) is 1.09. The SMILES string of the molecule is CCNc1nc2c(c(=O)n(C)c(=O)n2C)n1C[C@@H](O)COc1cccc(C)c1. The molecule has 2 N–H and O–H groups in total. The predicted molar refractivity (Wildman–Crippen MR) is 107 cm³/mol. The molecule has 9 heteroatoms. The number of hydrogen-bond donors (Lipinski definition) is 2. The molecule has 0 saturated carbocycles. The maximum Gasteiger partial charge on any atom is 0.332 e. The van der Waals surface area contributed by atoms with Gasteiger partial charge in [-0.05, 0) is 31.5 Å². The second-order valence-corrected chi connectivity index (χ2v) is 6.74. The monoisotopic (exact) mass is 387 g/mol. The average molecular weight is 387 g/mol. The number of ether oxygens (including phenoxy) is 1. The van der Waals surface area contributed by atoms with Crippen LogP contribution >= 0.6 is 0 Å². The van der Waals surface area contributed by atoms with Gasteiger partial charge in [0.15, 0.2) is 11.2 Å². The number of imidazole rings is 1. The standard InChI is InChI=1S/C19H25N5O4/c1-5-20-18-21-16-15(17(26)23(4)19(27)22(16)3)24(18)10-13(25)11-28-14-8-6-7-12(2)9-14/h6-9,13,25H,5,10-11H2,1-4H3,(H,20,21)/t13-/m1/s1. The number of rotatable bonds is 7. The Kier molecular flexibility index (Phi) is 5.55. The Hall–Kier alpha value is -3.07. The number of aliphatic hydroxyl groups is 1. The normalized spacial score (nSPS) is 12.3. The van der Waals surface area contributed by atoms with Crippen molar-refractivity contribution in [1.29, 1.82) is 0 Å². The molecule has 2 heterocycles. The lowest BCUT2D eigenvalue weighted by Crippen LogP contribution is -2.38. The van der Waals surface area contributed by atoms with Crippen LogP contribution in [0, 0.1) is 6.92 Å². The molecule has 0 radical (unpaired) electrons. The van der Waals surface area contributed by atoms with Gasteiger partial charge in [-0.1, -0.05) is 12.1 Å². The molecule has 1 aromatic carbocycles. The van der Waals surface area contributed by atoms with E-state index in [1.54, 1.807) is 11.6 Å². The second kappa shape index (κ2) is 7.89. The summed E-state index contributed by atoms with van der Waals surface area (Å²) in [6, 6.07) is 7.55. The van der Waals surface area contributed by atoms with Gasteiger partial charge in [-0.25, -0.2) is 4.79 Å². The molecule has 0 aliphatic heterocycles. The van der Waals surface area contributed by atoms with Gasteiger partial charge < -0.3 is 19.7 Å². The maximum atomic E-state index is 12.7. The van der Waals surface area contributed by atoms with E-state index in [0.29, 0.717) is 18.2 Å². The molecule has 0 saturated heterocycles. The van der Waals surface area contributed by atoms with E-state index < -0.39 is 17.4 Å². The van der Waals surface area contributed by atoms with Crippen LogP contribution in [0.15, 0.2) is 33.9 Å². The van der Waals surface area contributed by atoms with Gasteiger partial charge in [-0.2, -0.15) is 4.98 Å². The number of nitrogens with zero attached hydrogens (tertiary/aromatic N) is 4. The van der Waals surface area contributed by atoms with Gasteiger partial charge in [0.05, 0.1) is 6.54 Å². The molecule has 3 rings (SSSR count). The topological polar surface area (TPSA) is 103 Å². The highest BCUT2D eigenvalue weighted by molar-refractivity contribution is 5.74. The van der Waals surface area contributed by atoms with Crippen LogP contribution in [0.1, 0.15) is 12.5 Å². The molecule has 0 amide bonds. The van der Waals surface area contributed by atoms with Crippen molar-refractivity contribution >= 4 is 17.1 Å². The molecule has 3 aromatic rings. The van der Waals surface area contributed by atoms with Gasteiger partial charge in [-0.15, -0.1) is 0 Å². The largest absolute Gasteiger partial charge is 0.491 e. The van der Waals surface area contributed by atoms with E-state index in [9.17, 15) is 14.7 Å². The van der Waals surface area contributed by atoms with Gasteiger partial charge in [0.2, 0.25) is 5.95 Å². The summed E-state index contributed by atoms with van der Waals surface area (Å²) in [7, 11) is 2.99. The van der Waals surface area contributed by atoms with Crippen molar-refractivity contribution in [3.8, 4) is 5.75 Å². The summed E-state index contributed by atoms with van der Waals surface area (Å²) in [5.41, 5.74) is 0.688. The van der Waals surface area contributed by atoms with Crippen LogP contribution in [0.3, 0.4) is 0 Å². The van der Waals surface area contributed by atoms with E-state index in [2.05, 4.69) is 10.3 Å². The van der Waals surface area contributed by atoms with Crippen LogP contribution < -0.4 is 21.3 Å². The smallest absolute Gasteiger partial charge is 0.332 e. The van der Waals surface area contributed by atoms with Crippen molar-refractivity contribution in [1.82, 2.24) is 18.7 Å². The van der Waals surface area contributed by atoms with Gasteiger partial charge >= 0.3 is 5.69 Å². The maximum absolute atomic E-state index is 12.7. The summed E-state index contributed by atoms with van der Waals surface area (Å²) in [6.45, 7) is 4.59. The lowest BCUT2D eigenvalue weighted by molar-refractivity contribution is 0.0938.